The topological polar surface area (TPSA) is 24.9 Å². The highest BCUT2D eigenvalue weighted by molar-refractivity contribution is 7.09. The number of hydrogen-bond acceptors (Lipinski definition) is 3. The summed E-state index contributed by atoms with van der Waals surface area (Å²) >= 11 is 1.84. The molecule has 0 radical (unpaired) electrons. The first-order valence-corrected chi connectivity index (χ1v) is 7.26. The number of rotatable bonds is 6. The predicted octanol–water partition coefficient (Wildman–Crippen LogP) is 3.54. The Kier molecular flexibility index (Phi) is 3.98. The van der Waals surface area contributed by atoms with E-state index in [2.05, 4.69) is 31.5 Å². The second-order valence-electron chi connectivity index (χ2n) is 5.09. The fraction of sp³-hybridized carbons (Fsp3) is 0.769. The van der Waals surface area contributed by atoms with Crippen LogP contribution in [-0.4, -0.2) is 11.0 Å². The Morgan fingerprint density at radius 3 is 2.81 bits per heavy atom. The lowest BCUT2D eigenvalue weighted by molar-refractivity contribution is 0.386. The fourth-order valence-corrected chi connectivity index (χ4v) is 3.00. The van der Waals surface area contributed by atoms with Gasteiger partial charge in [-0.25, -0.2) is 4.98 Å². The molecule has 1 aromatic heterocycles. The molecule has 2 nitrogen and oxygen atoms in total. The molecular formula is C13H22N2S. The van der Waals surface area contributed by atoms with Crippen LogP contribution in [0.1, 0.15) is 56.7 Å². The second-order valence-corrected chi connectivity index (χ2v) is 5.98. The number of thiazole rings is 1. The molecule has 0 aliphatic heterocycles. The summed E-state index contributed by atoms with van der Waals surface area (Å²) in [6.45, 7) is 7.73. The molecule has 1 heterocycles. The lowest BCUT2D eigenvalue weighted by Gasteiger charge is -2.19. The third-order valence-electron chi connectivity index (χ3n) is 3.29. The van der Waals surface area contributed by atoms with Crippen molar-refractivity contribution in [2.24, 2.45) is 5.92 Å². The van der Waals surface area contributed by atoms with Crippen molar-refractivity contribution in [1.82, 2.24) is 10.3 Å². The predicted molar refractivity (Wildman–Crippen MR) is 69.8 cm³/mol. The maximum Gasteiger partial charge on any atom is 0.0959 e. The smallest absolute Gasteiger partial charge is 0.0959 e. The van der Waals surface area contributed by atoms with E-state index >= 15 is 0 Å². The zero-order valence-corrected chi connectivity index (χ0v) is 11.3. The van der Waals surface area contributed by atoms with Gasteiger partial charge in [0, 0.05) is 23.9 Å². The summed E-state index contributed by atoms with van der Waals surface area (Å²) in [6, 6.07) is 0.617. The summed E-state index contributed by atoms with van der Waals surface area (Å²) in [6.07, 6.45) is 3.89. The lowest BCUT2D eigenvalue weighted by Crippen LogP contribution is -2.32. The van der Waals surface area contributed by atoms with Crippen LogP contribution in [0.25, 0.3) is 0 Å². The summed E-state index contributed by atoms with van der Waals surface area (Å²) in [4.78, 5) is 4.69. The average molecular weight is 238 g/mol. The molecule has 2 rings (SSSR count). The Labute approximate surface area is 102 Å². The third kappa shape index (κ3) is 3.05. The molecule has 1 N–H and O–H groups in total. The molecule has 0 bridgehead atoms. The average Bonchev–Trinajstić information content (AvgIpc) is 3.00. The minimum atomic E-state index is 0.617. The molecule has 0 spiro atoms. The monoisotopic (exact) mass is 238 g/mol. The molecule has 1 unspecified atom stereocenters. The molecule has 1 atom stereocenters. The van der Waals surface area contributed by atoms with Gasteiger partial charge in [0.2, 0.25) is 0 Å². The number of aromatic nitrogens is 1. The van der Waals surface area contributed by atoms with E-state index in [0.29, 0.717) is 12.0 Å². The van der Waals surface area contributed by atoms with Crippen molar-refractivity contribution in [3.05, 3.63) is 16.1 Å². The van der Waals surface area contributed by atoms with Gasteiger partial charge in [-0.2, -0.15) is 0 Å². The molecule has 1 saturated carbocycles. The van der Waals surface area contributed by atoms with Crippen LogP contribution in [0.4, 0.5) is 0 Å². The van der Waals surface area contributed by atoms with Gasteiger partial charge in [-0.15, -0.1) is 11.3 Å². The van der Waals surface area contributed by atoms with Crippen molar-refractivity contribution in [1.29, 1.82) is 0 Å². The zero-order chi connectivity index (χ0) is 11.5. The van der Waals surface area contributed by atoms with E-state index in [1.54, 1.807) is 0 Å². The van der Waals surface area contributed by atoms with Gasteiger partial charge in [0.1, 0.15) is 0 Å². The van der Waals surface area contributed by atoms with Crippen LogP contribution in [0.3, 0.4) is 0 Å². The lowest BCUT2D eigenvalue weighted by atomic mass is 10.0. The van der Waals surface area contributed by atoms with Gasteiger partial charge in [0.25, 0.3) is 0 Å². The number of nitrogens with zero attached hydrogens (tertiary/aromatic N) is 1. The van der Waals surface area contributed by atoms with Gasteiger partial charge in [0.05, 0.1) is 10.7 Å². The Balaban J connectivity index is 1.83. The standard InChI is InChI=1S/C13H22N2S/c1-4-12(9(2)3)14-7-11-8-16-13(15-11)10-5-6-10/h8-10,12,14H,4-7H2,1-3H3. The first-order chi connectivity index (χ1) is 7.70. The van der Waals surface area contributed by atoms with Crippen LogP contribution >= 0.6 is 11.3 Å². The summed E-state index contributed by atoms with van der Waals surface area (Å²) in [7, 11) is 0. The van der Waals surface area contributed by atoms with Gasteiger partial charge < -0.3 is 5.32 Å². The normalized spacial score (nSPS) is 18.0. The van der Waals surface area contributed by atoms with E-state index < -0.39 is 0 Å². The highest BCUT2D eigenvalue weighted by atomic mass is 32.1. The van der Waals surface area contributed by atoms with E-state index in [4.69, 9.17) is 4.98 Å². The van der Waals surface area contributed by atoms with E-state index in [0.717, 1.165) is 12.5 Å². The maximum absolute atomic E-state index is 4.69. The SMILES string of the molecule is CCC(NCc1csc(C2CC2)n1)C(C)C. The van der Waals surface area contributed by atoms with Crippen molar-refractivity contribution in [2.45, 2.75) is 58.5 Å². The van der Waals surface area contributed by atoms with Crippen LogP contribution in [0.5, 0.6) is 0 Å². The van der Waals surface area contributed by atoms with Crippen LogP contribution in [-0.2, 0) is 6.54 Å². The first kappa shape index (κ1) is 12.1. The van der Waals surface area contributed by atoms with Crippen molar-refractivity contribution in [3.63, 3.8) is 0 Å². The van der Waals surface area contributed by atoms with Crippen LogP contribution in [0.2, 0.25) is 0 Å². The highest BCUT2D eigenvalue weighted by Gasteiger charge is 2.26. The van der Waals surface area contributed by atoms with Gasteiger partial charge in [-0.1, -0.05) is 20.8 Å². The first-order valence-electron chi connectivity index (χ1n) is 6.38. The fourth-order valence-electron chi connectivity index (χ4n) is 2.01. The zero-order valence-electron chi connectivity index (χ0n) is 10.5. The Morgan fingerprint density at radius 2 is 2.25 bits per heavy atom. The van der Waals surface area contributed by atoms with Gasteiger partial charge >= 0.3 is 0 Å². The van der Waals surface area contributed by atoms with E-state index in [-0.39, 0.29) is 0 Å². The Morgan fingerprint density at radius 1 is 1.50 bits per heavy atom. The molecule has 3 heteroatoms. The molecule has 16 heavy (non-hydrogen) atoms. The second kappa shape index (κ2) is 5.28. The third-order valence-corrected chi connectivity index (χ3v) is 4.34. The molecular weight excluding hydrogens is 216 g/mol. The number of nitrogens with one attached hydrogen (secondary N) is 1. The summed E-state index contributed by atoms with van der Waals surface area (Å²) in [5, 5.41) is 7.17. The molecule has 1 aliphatic rings. The largest absolute Gasteiger partial charge is 0.308 e. The van der Waals surface area contributed by atoms with Crippen molar-refractivity contribution in [3.8, 4) is 0 Å². The molecule has 1 aromatic rings. The summed E-state index contributed by atoms with van der Waals surface area (Å²) in [5.41, 5.74) is 1.23. The molecule has 90 valence electrons. The van der Waals surface area contributed by atoms with Crippen molar-refractivity contribution < 1.29 is 0 Å². The Hall–Kier alpha value is -0.410. The highest BCUT2D eigenvalue weighted by Crippen LogP contribution is 2.41. The van der Waals surface area contributed by atoms with E-state index in [1.807, 2.05) is 11.3 Å². The molecule has 0 amide bonds. The van der Waals surface area contributed by atoms with Crippen LogP contribution in [0, 0.1) is 5.92 Å². The van der Waals surface area contributed by atoms with Gasteiger partial charge in [-0.05, 0) is 25.2 Å². The van der Waals surface area contributed by atoms with E-state index in [9.17, 15) is 0 Å². The van der Waals surface area contributed by atoms with Crippen molar-refractivity contribution in [2.75, 3.05) is 0 Å². The molecule has 0 aromatic carbocycles. The Bertz CT molecular complexity index is 328. The van der Waals surface area contributed by atoms with E-state index in [1.165, 1.54) is 30.0 Å². The quantitative estimate of drug-likeness (QED) is 0.820. The van der Waals surface area contributed by atoms with Crippen molar-refractivity contribution >= 4 is 11.3 Å². The molecule has 0 saturated heterocycles. The molecule has 1 aliphatic carbocycles. The minimum absolute atomic E-state index is 0.617. The number of hydrogen-bond donors (Lipinski definition) is 1. The van der Waals surface area contributed by atoms with Gasteiger partial charge in [-0.3, -0.25) is 0 Å². The summed E-state index contributed by atoms with van der Waals surface area (Å²) in [5.74, 6) is 1.50. The maximum atomic E-state index is 4.69. The molecule has 1 fully saturated rings. The van der Waals surface area contributed by atoms with Gasteiger partial charge in [0.15, 0.2) is 0 Å². The van der Waals surface area contributed by atoms with Crippen LogP contribution < -0.4 is 5.32 Å². The van der Waals surface area contributed by atoms with Crippen LogP contribution in [0.15, 0.2) is 5.38 Å². The minimum Gasteiger partial charge on any atom is -0.308 e. The summed E-state index contributed by atoms with van der Waals surface area (Å²) < 4.78 is 0.